The van der Waals surface area contributed by atoms with E-state index in [-0.39, 0.29) is 18.1 Å². The molecule has 2 aromatic rings. The number of carbonyl (C=O) groups excluding carboxylic acids is 1. The number of hydrogen-bond acceptors (Lipinski definition) is 2. The molecular weight excluding hydrogens is 368 g/mol. The Labute approximate surface area is 163 Å². The third-order valence-electron chi connectivity index (χ3n) is 4.98. The van der Waals surface area contributed by atoms with Gasteiger partial charge >= 0.3 is 6.03 Å². The van der Waals surface area contributed by atoms with Crippen LogP contribution in [-0.2, 0) is 0 Å². The first kappa shape index (κ1) is 19.2. The van der Waals surface area contributed by atoms with Gasteiger partial charge in [0.25, 0.3) is 0 Å². The van der Waals surface area contributed by atoms with Crippen LogP contribution in [0.4, 0.5) is 10.5 Å². The summed E-state index contributed by atoms with van der Waals surface area (Å²) in [6, 6.07) is 11.6. The van der Waals surface area contributed by atoms with Crippen molar-refractivity contribution in [3.8, 4) is 0 Å². The smallest absolute Gasteiger partial charge is 0.319 e. The van der Waals surface area contributed by atoms with Crippen molar-refractivity contribution in [2.75, 3.05) is 38.5 Å². The second-order valence-corrected chi connectivity index (χ2v) is 8.42. The highest BCUT2D eigenvalue weighted by atomic mass is 35.5. The van der Waals surface area contributed by atoms with Gasteiger partial charge in [-0.3, -0.25) is 0 Å². The number of amides is 2. The maximum absolute atomic E-state index is 12.5. The molecule has 7 heteroatoms. The van der Waals surface area contributed by atoms with Gasteiger partial charge < -0.3 is 20.4 Å². The molecule has 1 aliphatic rings. The zero-order valence-electron chi connectivity index (χ0n) is 15.2. The Hall–Kier alpha value is -1.60. The van der Waals surface area contributed by atoms with Gasteiger partial charge in [-0.2, -0.15) is 0 Å². The van der Waals surface area contributed by atoms with Gasteiger partial charge in [-0.1, -0.05) is 23.7 Å². The van der Waals surface area contributed by atoms with Gasteiger partial charge in [0.15, 0.2) is 0 Å². The Balaban J connectivity index is 1.67. The van der Waals surface area contributed by atoms with Crippen LogP contribution in [0.5, 0.6) is 0 Å². The summed E-state index contributed by atoms with van der Waals surface area (Å²) < 4.78 is 0. The van der Waals surface area contributed by atoms with Crippen LogP contribution in [0.15, 0.2) is 41.8 Å². The second kappa shape index (κ2) is 8.86. The highest BCUT2D eigenvalue weighted by molar-refractivity contribution is 7.10. The lowest BCUT2D eigenvalue weighted by atomic mass is 10.1. The lowest BCUT2D eigenvalue weighted by Crippen LogP contribution is -3.27. The van der Waals surface area contributed by atoms with Crippen LogP contribution in [0.1, 0.15) is 17.8 Å². The maximum atomic E-state index is 12.5. The number of rotatable bonds is 5. The van der Waals surface area contributed by atoms with Crippen molar-refractivity contribution in [1.82, 2.24) is 5.32 Å². The number of nitrogens with one attached hydrogen (secondary N) is 4. The molecule has 0 spiro atoms. The molecule has 0 aliphatic carbocycles. The first-order valence-corrected chi connectivity index (χ1v) is 10.3. The van der Waals surface area contributed by atoms with Crippen LogP contribution in [0.3, 0.4) is 0 Å². The van der Waals surface area contributed by atoms with Crippen LogP contribution in [0.2, 0.25) is 5.02 Å². The quantitative estimate of drug-likeness (QED) is 0.602. The van der Waals surface area contributed by atoms with E-state index in [1.807, 2.05) is 12.1 Å². The Morgan fingerprint density at radius 3 is 2.62 bits per heavy atom. The summed E-state index contributed by atoms with van der Waals surface area (Å²) in [7, 11) is 2.25. The molecule has 0 radical (unpaired) electrons. The SMILES string of the molecule is C[C@@H](NC(=O)Nc1cccc(Cl)c1)[C@H](c1cccs1)[NH+]1CC[NH+](C)CC1. The van der Waals surface area contributed by atoms with E-state index in [0.29, 0.717) is 10.7 Å². The molecule has 0 bridgehead atoms. The zero-order valence-corrected chi connectivity index (χ0v) is 16.8. The molecule has 0 saturated carbocycles. The molecule has 2 amide bonds. The normalized spacial score (nSPS) is 22.4. The van der Waals surface area contributed by atoms with Gasteiger partial charge in [0.1, 0.15) is 32.2 Å². The minimum Gasteiger partial charge on any atom is -0.329 e. The summed E-state index contributed by atoms with van der Waals surface area (Å²) in [6.45, 7) is 6.67. The average Bonchev–Trinajstić information content (AvgIpc) is 3.11. The standard InChI is InChI=1S/C19H25ClN4OS/c1-14(21-19(25)22-16-6-3-5-15(20)13-16)18(17-7-4-12-26-17)24-10-8-23(2)9-11-24/h3-7,12-14,18H,8-11H2,1-2H3,(H2,21,22,25)/p+2/t14-,18-/m1/s1. The molecule has 1 aromatic heterocycles. The third-order valence-corrected chi connectivity index (χ3v) is 6.17. The van der Waals surface area contributed by atoms with E-state index >= 15 is 0 Å². The third kappa shape index (κ3) is 4.98. The Kier molecular flexibility index (Phi) is 6.53. The number of urea groups is 1. The molecule has 26 heavy (non-hydrogen) atoms. The van der Waals surface area contributed by atoms with Gasteiger partial charge in [0.2, 0.25) is 0 Å². The van der Waals surface area contributed by atoms with Crippen molar-refractivity contribution in [1.29, 1.82) is 0 Å². The molecule has 2 heterocycles. The number of anilines is 1. The van der Waals surface area contributed by atoms with E-state index in [4.69, 9.17) is 11.6 Å². The second-order valence-electron chi connectivity index (χ2n) is 7.01. The predicted octanol–water partition coefficient (Wildman–Crippen LogP) is 1.07. The number of quaternary nitrogens is 2. The number of piperazine rings is 1. The van der Waals surface area contributed by atoms with Crippen LogP contribution >= 0.6 is 22.9 Å². The number of hydrogen-bond donors (Lipinski definition) is 4. The number of benzene rings is 1. The Morgan fingerprint density at radius 1 is 1.19 bits per heavy atom. The van der Waals surface area contributed by atoms with Crippen molar-refractivity contribution in [3.05, 3.63) is 51.7 Å². The first-order chi connectivity index (χ1) is 12.5. The number of likely N-dealkylation sites (N-methyl/N-ethyl adjacent to an activating group) is 1. The number of carbonyl (C=O) groups is 1. The monoisotopic (exact) mass is 394 g/mol. The van der Waals surface area contributed by atoms with E-state index in [1.165, 1.54) is 18.0 Å². The van der Waals surface area contributed by atoms with Crippen LogP contribution in [-0.4, -0.2) is 45.3 Å². The van der Waals surface area contributed by atoms with E-state index < -0.39 is 0 Å². The highest BCUT2D eigenvalue weighted by Crippen LogP contribution is 2.20. The summed E-state index contributed by atoms with van der Waals surface area (Å²) in [5.74, 6) is 0. The van der Waals surface area contributed by atoms with E-state index in [2.05, 4.69) is 42.1 Å². The fraction of sp³-hybridized carbons (Fsp3) is 0.421. The van der Waals surface area contributed by atoms with Crippen LogP contribution < -0.4 is 20.4 Å². The maximum Gasteiger partial charge on any atom is 0.319 e. The topological polar surface area (TPSA) is 50.0 Å². The lowest BCUT2D eigenvalue weighted by molar-refractivity contribution is -1.02. The molecule has 0 unspecified atom stereocenters. The van der Waals surface area contributed by atoms with Crippen molar-refractivity contribution < 1.29 is 14.6 Å². The molecule has 1 aromatic carbocycles. The van der Waals surface area contributed by atoms with E-state index in [1.54, 1.807) is 33.3 Å². The summed E-state index contributed by atoms with van der Waals surface area (Å²) in [6.07, 6.45) is 0. The van der Waals surface area contributed by atoms with Gasteiger partial charge in [0.05, 0.1) is 18.0 Å². The van der Waals surface area contributed by atoms with E-state index in [0.717, 1.165) is 13.1 Å². The molecule has 4 N–H and O–H groups in total. The Bertz CT molecular complexity index is 716. The molecule has 3 rings (SSSR count). The first-order valence-electron chi connectivity index (χ1n) is 9.05. The number of halogens is 1. The Morgan fingerprint density at radius 2 is 1.96 bits per heavy atom. The summed E-state index contributed by atoms with van der Waals surface area (Å²) in [5.41, 5.74) is 0.699. The minimum absolute atomic E-state index is 0.0289. The lowest BCUT2D eigenvalue weighted by Gasteiger charge is -2.35. The fourth-order valence-electron chi connectivity index (χ4n) is 3.60. The molecule has 2 atom stereocenters. The minimum atomic E-state index is -0.194. The van der Waals surface area contributed by atoms with Gasteiger partial charge in [-0.15, -0.1) is 11.3 Å². The van der Waals surface area contributed by atoms with Gasteiger partial charge in [-0.05, 0) is 36.6 Å². The van der Waals surface area contributed by atoms with Crippen molar-refractivity contribution in [2.45, 2.75) is 19.0 Å². The molecule has 5 nitrogen and oxygen atoms in total. The molecule has 140 valence electrons. The van der Waals surface area contributed by atoms with Gasteiger partial charge in [0, 0.05) is 10.7 Å². The zero-order chi connectivity index (χ0) is 18.5. The summed E-state index contributed by atoms with van der Waals surface area (Å²) >= 11 is 7.76. The molecule has 1 saturated heterocycles. The molecule has 1 fully saturated rings. The number of thiophene rings is 1. The summed E-state index contributed by atoms with van der Waals surface area (Å²) in [5, 5.41) is 8.73. The van der Waals surface area contributed by atoms with Crippen molar-refractivity contribution in [2.24, 2.45) is 0 Å². The highest BCUT2D eigenvalue weighted by Gasteiger charge is 2.34. The largest absolute Gasteiger partial charge is 0.329 e. The van der Waals surface area contributed by atoms with E-state index in [9.17, 15) is 4.79 Å². The van der Waals surface area contributed by atoms with Crippen LogP contribution in [0, 0.1) is 0 Å². The van der Waals surface area contributed by atoms with Gasteiger partial charge in [-0.25, -0.2) is 4.79 Å². The van der Waals surface area contributed by atoms with Crippen LogP contribution in [0.25, 0.3) is 0 Å². The van der Waals surface area contributed by atoms with Crippen molar-refractivity contribution in [3.63, 3.8) is 0 Å². The van der Waals surface area contributed by atoms with Crippen molar-refractivity contribution >= 4 is 34.7 Å². The summed E-state index contributed by atoms with van der Waals surface area (Å²) in [4.78, 5) is 16.9. The fourth-order valence-corrected chi connectivity index (χ4v) is 4.78. The predicted molar refractivity (Wildman–Crippen MR) is 107 cm³/mol. The molecule has 1 aliphatic heterocycles. The average molecular weight is 395 g/mol. The molecular formula is C19H27ClN4OS+2.